The van der Waals surface area contributed by atoms with Crippen LogP contribution in [0.4, 0.5) is 10.5 Å². The predicted molar refractivity (Wildman–Crippen MR) is 243 cm³/mol. The highest BCUT2D eigenvalue weighted by molar-refractivity contribution is 5.96. The number of benzene rings is 2. The summed E-state index contributed by atoms with van der Waals surface area (Å²) in [5.41, 5.74) is 11.1. The van der Waals surface area contributed by atoms with Crippen LogP contribution in [0, 0.1) is 5.41 Å². The number of carbonyl (C=O) groups excluding carboxylic acids is 3. The molecule has 0 aliphatic carbocycles. The molecule has 3 saturated heterocycles. The number of hydrogen-bond acceptors (Lipinski definition) is 11. The van der Waals surface area contributed by atoms with Gasteiger partial charge in [0, 0.05) is 74.7 Å². The topological polar surface area (TPSA) is 140 Å². The number of anilines is 1. The third-order valence-corrected chi connectivity index (χ3v) is 12.9. The van der Waals surface area contributed by atoms with Gasteiger partial charge in [0.05, 0.1) is 55.2 Å². The van der Waals surface area contributed by atoms with Gasteiger partial charge in [-0.15, -0.1) is 0 Å². The molecule has 4 aliphatic rings. The summed E-state index contributed by atoms with van der Waals surface area (Å²) in [6, 6.07) is 15.7. The van der Waals surface area contributed by atoms with E-state index in [1.807, 2.05) is 25.3 Å². The molecule has 0 spiro atoms. The fourth-order valence-electron chi connectivity index (χ4n) is 9.63. The van der Waals surface area contributed by atoms with Gasteiger partial charge in [0.2, 0.25) is 0 Å². The van der Waals surface area contributed by atoms with E-state index in [9.17, 15) is 14.4 Å². The lowest BCUT2D eigenvalue weighted by Gasteiger charge is -2.44. The van der Waals surface area contributed by atoms with Crippen LogP contribution in [-0.2, 0) is 47.9 Å². The van der Waals surface area contributed by atoms with E-state index < -0.39 is 35.2 Å². The molecule has 2 aromatic heterocycles. The molecule has 14 heteroatoms. The van der Waals surface area contributed by atoms with Crippen LogP contribution in [0.2, 0.25) is 0 Å². The number of alkyl carbamates (subject to hydrolysis) is 1. The van der Waals surface area contributed by atoms with Gasteiger partial charge < -0.3 is 33.7 Å². The number of aromatic nitrogens is 2. The zero-order valence-electron chi connectivity index (χ0n) is 38.3. The van der Waals surface area contributed by atoms with E-state index in [0.29, 0.717) is 38.4 Å². The molecule has 3 fully saturated rings. The van der Waals surface area contributed by atoms with Gasteiger partial charge in [0.15, 0.2) is 0 Å². The summed E-state index contributed by atoms with van der Waals surface area (Å²) >= 11 is 0. The highest BCUT2D eigenvalue weighted by atomic mass is 16.6. The average Bonchev–Trinajstić information content (AvgIpc) is 3.57. The summed E-state index contributed by atoms with van der Waals surface area (Å²) < 4.78 is 26.1. The Morgan fingerprint density at radius 2 is 1.87 bits per heavy atom. The molecule has 8 rings (SSSR count). The van der Waals surface area contributed by atoms with E-state index in [-0.39, 0.29) is 25.0 Å². The number of rotatable bonds is 6. The zero-order valence-corrected chi connectivity index (χ0v) is 38.3. The first kappa shape index (κ1) is 44.6. The first-order valence-corrected chi connectivity index (χ1v) is 22.7. The molecule has 63 heavy (non-hydrogen) atoms. The van der Waals surface area contributed by atoms with Crippen LogP contribution in [0.3, 0.4) is 0 Å². The number of methoxy groups -OCH3 is 1. The van der Waals surface area contributed by atoms with E-state index in [1.165, 1.54) is 5.01 Å². The minimum Gasteiger partial charge on any atom is -0.464 e. The lowest BCUT2D eigenvalue weighted by atomic mass is 9.84. The molecule has 2 N–H and O–H groups in total. The Balaban J connectivity index is 1.26. The van der Waals surface area contributed by atoms with Gasteiger partial charge >= 0.3 is 12.1 Å². The Hall–Kier alpha value is -5.02. The Bertz CT molecular complexity index is 2340. The molecule has 2 amide bonds. The molecule has 6 bridgehead atoms. The average molecular weight is 864 g/mol. The Morgan fingerprint density at radius 3 is 2.65 bits per heavy atom. The van der Waals surface area contributed by atoms with Crippen molar-refractivity contribution in [1.29, 1.82) is 0 Å². The number of morpholine rings is 1. The summed E-state index contributed by atoms with van der Waals surface area (Å²) in [5, 5.41) is 5.41. The van der Waals surface area contributed by atoms with Crippen LogP contribution in [0.25, 0.3) is 33.3 Å². The number of cyclic esters (lactones) is 1. The van der Waals surface area contributed by atoms with Crippen molar-refractivity contribution < 1.29 is 33.3 Å². The molecule has 0 saturated carbocycles. The number of amides is 2. The van der Waals surface area contributed by atoms with Gasteiger partial charge in [0.25, 0.3) is 5.91 Å². The number of aryl methyl sites for hydroxylation is 1. The highest BCUT2D eigenvalue weighted by Gasteiger charge is 2.37. The number of pyridine rings is 1. The number of fused-ring (bicyclic) bond motifs is 7. The quantitative estimate of drug-likeness (QED) is 0.201. The fourth-order valence-corrected chi connectivity index (χ4v) is 9.63. The number of hydrogen-bond donors (Lipinski definition) is 2. The number of hydrazine groups is 1. The highest BCUT2D eigenvalue weighted by Crippen LogP contribution is 2.43. The van der Waals surface area contributed by atoms with Crippen molar-refractivity contribution in [3.05, 3.63) is 71.5 Å². The van der Waals surface area contributed by atoms with Gasteiger partial charge in [-0.2, -0.15) is 0 Å². The van der Waals surface area contributed by atoms with Crippen LogP contribution in [0.5, 0.6) is 0 Å². The number of carbonyl (C=O) groups is 3. The first-order valence-electron chi connectivity index (χ1n) is 22.7. The standard InChI is InChI=1S/C49H65N7O7/c1-9-55-42-16-15-34-24-37(42)39(44(55)38-25-35(27-50-43(38)31(2)60-8)54-19-18-53-20-21-61-29-36(53)28-54)26-49(6,7)30-62-46(58)40-14-11-17-56(52-40)45(57)41(51-47(59)63-48(3,4)5)23-32-12-10-13-33(34)22-32/h10,12-13,15-16,22,24-25,27,31,36,40-41,52H,9,11,14,17-21,23,26,28-30H2,1-8H3,(H,51,59)/t31-,36-,40-,41-/m0/s1. The number of nitrogens with zero attached hydrogens (tertiary/aromatic N) is 5. The summed E-state index contributed by atoms with van der Waals surface area (Å²) in [4.78, 5) is 51.5. The van der Waals surface area contributed by atoms with E-state index in [2.05, 4.69) is 82.3 Å². The van der Waals surface area contributed by atoms with Gasteiger partial charge in [-0.1, -0.05) is 44.2 Å². The van der Waals surface area contributed by atoms with Gasteiger partial charge in [-0.3, -0.25) is 24.5 Å². The number of piperazine rings is 1. The van der Waals surface area contributed by atoms with Crippen molar-refractivity contribution in [1.82, 2.24) is 30.2 Å². The van der Waals surface area contributed by atoms with E-state index >= 15 is 0 Å². The normalized spacial score (nSPS) is 22.8. The third-order valence-electron chi connectivity index (χ3n) is 12.9. The lowest BCUT2D eigenvalue weighted by Crippen LogP contribution is -2.60. The summed E-state index contributed by atoms with van der Waals surface area (Å²) in [7, 11) is 1.73. The monoisotopic (exact) mass is 863 g/mol. The maximum absolute atomic E-state index is 14.2. The lowest BCUT2D eigenvalue weighted by molar-refractivity contribution is -0.155. The summed E-state index contributed by atoms with van der Waals surface area (Å²) in [6.45, 7) is 20.3. The molecule has 338 valence electrons. The minimum atomic E-state index is -0.960. The first-order chi connectivity index (χ1) is 30.1. The van der Waals surface area contributed by atoms with Crippen molar-refractivity contribution in [3.63, 3.8) is 0 Å². The van der Waals surface area contributed by atoms with Crippen molar-refractivity contribution in [2.45, 2.75) is 111 Å². The largest absolute Gasteiger partial charge is 0.464 e. The van der Waals surface area contributed by atoms with Crippen molar-refractivity contribution in [2.24, 2.45) is 5.41 Å². The zero-order chi connectivity index (χ0) is 44.6. The number of esters is 1. The number of ether oxygens (including phenoxy) is 4. The van der Waals surface area contributed by atoms with Crippen LogP contribution in [0.1, 0.15) is 84.2 Å². The predicted octanol–water partition coefficient (Wildman–Crippen LogP) is 6.68. The van der Waals surface area contributed by atoms with Gasteiger partial charge in [-0.05, 0) is 94.3 Å². The van der Waals surface area contributed by atoms with E-state index in [0.717, 1.165) is 95.2 Å². The van der Waals surface area contributed by atoms with Crippen molar-refractivity contribution in [2.75, 3.05) is 64.6 Å². The van der Waals surface area contributed by atoms with E-state index in [4.69, 9.17) is 23.9 Å². The maximum atomic E-state index is 14.2. The third kappa shape index (κ3) is 9.74. The van der Waals surface area contributed by atoms with Crippen LogP contribution < -0.4 is 15.6 Å². The fraction of sp³-hybridized carbons (Fsp3) is 0.551. The second-order valence-electron chi connectivity index (χ2n) is 19.4. The van der Waals surface area contributed by atoms with Crippen LogP contribution >= 0.6 is 0 Å². The SMILES string of the molecule is CCn1c(-c2cc(N3CCN4CCOC[C@@H]4C3)cnc2[C@H](C)OC)c2c3cc(ccc31)-c1cccc(c1)C[C@H](NC(=O)OC(C)(C)C)C(=O)N1CCC[C@H](N1)C(=O)OCC(C)(C)C2. The molecule has 4 aliphatic heterocycles. The van der Waals surface area contributed by atoms with Gasteiger partial charge in [-0.25, -0.2) is 10.2 Å². The Morgan fingerprint density at radius 1 is 1.06 bits per heavy atom. The second kappa shape index (κ2) is 18.2. The molecule has 4 aromatic rings. The van der Waals surface area contributed by atoms with Crippen LogP contribution in [-0.4, -0.2) is 121 Å². The van der Waals surface area contributed by atoms with Crippen molar-refractivity contribution >= 4 is 34.6 Å². The molecular weight excluding hydrogens is 799 g/mol. The number of nitrogens with one attached hydrogen (secondary N) is 2. The molecule has 2 aromatic carbocycles. The molecule has 0 radical (unpaired) electrons. The van der Waals surface area contributed by atoms with Crippen molar-refractivity contribution in [3.8, 4) is 22.4 Å². The van der Waals surface area contributed by atoms with E-state index in [1.54, 1.807) is 27.9 Å². The summed E-state index contributed by atoms with van der Waals surface area (Å²) in [6.07, 6.45) is 2.96. The second-order valence-corrected chi connectivity index (χ2v) is 19.4. The van der Waals surface area contributed by atoms with Gasteiger partial charge in [0.1, 0.15) is 17.7 Å². The minimum absolute atomic E-state index is 0.161. The summed E-state index contributed by atoms with van der Waals surface area (Å²) in [5.74, 6) is -0.767. The van der Waals surface area contributed by atoms with Crippen LogP contribution in [0.15, 0.2) is 54.7 Å². The maximum Gasteiger partial charge on any atom is 0.408 e. The molecule has 6 heterocycles. The Labute approximate surface area is 371 Å². The Kier molecular flexibility index (Phi) is 12.9. The molecule has 4 atom stereocenters. The molecule has 0 unspecified atom stereocenters. The smallest absolute Gasteiger partial charge is 0.408 e. The molecular formula is C49H65N7O7. The molecule has 14 nitrogen and oxygen atoms in total.